The third-order valence-corrected chi connectivity index (χ3v) is 5.54. The Balaban J connectivity index is 1.90. The number of ether oxygens (including phenoxy) is 1. The lowest BCUT2D eigenvalue weighted by Crippen LogP contribution is -2.38. The van der Waals surface area contributed by atoms with E-state index in [1.165, 1.54) is 7.11 Å². The van der Waals surface area contributed by atoms with Gasteiger partial charge >= 0.3 is 5.97 Å². The van der Waals surface area contributed by atoms with Crippen LogP contribution in [0.25, 0.3) is 0 Å². The van der Waals surface area contributed by atoms with Crippen molar-refractivity contribution in [2.45, 2.75) is 39.7 Å². The number of esters is 1. The first-order valence-corrected chi connectivity index (χ1v) is 9.85. The highest BCUT2D eigenvalue weighted by Gasteiger charge is 2.21. The molecule has 2 aromatic carbocycles. The summed E-state index contributed by atoms with van der Waals surface area (Å²) in [6.45, 7) is 7.02. The number of nitrogens with one attached hydrogen (secondary N) is 1. The molecule has 1 aliphatic rings. The average Bonchev–Trinajstić information content (AvgIpc) is 2.70. The molecule has 3 rings (SSSR count). The van der Waals surface area contributed by atoms with Crippen molar-refractivity contribution in [1.29, 1.82) is 0 Å². The number of anilines is 2. The number of methoxy groups -OCH3 is 1. The number of rotatable bonds is 4. The minimum Gasteiger partial charge on any atom is -0.465 e. The molecular formula is C23H28N2O4. The first-order valence-electron chi connectivity index (χ1n) is 9.85. The van der Waals surface area contributed by atoms with Crippen molar-refractivity contribution in [3.63, 3.8) is 0 Å². The summed E-state index contributed by atoms with van der Waals surface area (Å²) < 4.78 is 4.83. The van der Waals surface area contributed by atoms with Crippen molar-refractivity contribution in [2.24, 2.45) is 0 Å². The number of β-amino-alcohol motifs (C(OH)–C–C–N with tert-alkyl or cyclic N) is 1. The fourth-order valence-electron chi connectivity index (χ4n) is 3.79. The van der Waals surface area contributed by atoms with E-state index in [2.05, 4.69) is 10.2 Å². The average molecular weight is 396 g/mol. The lowest BCUT2D eigenvalue weighted by molar-refractivity contribution is 0.0599. The molecule has 1 saturated heterocycles. The quantitative estimate of drug-likeness (QED) is 0.772. The van der Waals surface area contributed by atoms with Gasteiger partial charge < -0.3 is 20.1 Å². The second kappa shape index (κ2) is 8.66. The number of nitrogens with zero attached hydrogens (tertiary/aromatic N) is 1. The molecule has 2 N–H and O–H groups in total. The number of aliphatic hydroxyl groups is 1. The molecule has 1 fully saturated rings. The fraction of sp³-hybridized carbons (Fsp3) is 0.391. The minimum absolute atomic E-state index is 0.227. The molecular weight excluding hydrogens is 368 g/mol. The first-order chi connectivity index (χ1) is 13.8. The normalized spacial score (nSPS) is 16.4. The van der Waals surface area contributed by atoms with Crippen molar-refractivity contribution in [1.82, 2.24) is 0 Å². The summed E-state index contributed by atoms with van der Waals surface area (Å²) in [7, 11) is 1.34. The van der Waals surface area contributed by atoms with Gasteiger partial charge in [-0.25, -0.2) is 4.79 Å². The lowest BCUT2D eigenvalue weighted by atomic mass is 10.0. The summed E-state index contributed by atoms with van der Waals surface area (Å²) in [5.41, 5.74) is 4.97. The number of piperidine rings is 1. The van der Waals surface area contributed by atoms with Crippen molar-refractivity contribution in [3.8, 4) is 0 Å². The third kappa shape index (κ3) is 4.43. The summed E-state index contributed by atoms with van der Waals surface area (Å²) in [6.07, 6.45) is 1.40. The van der Waals surface area contributed by atoms with E-state index in [4.69, 9.17) is 4.74 Å². The van der Waals surface area contributed by atoms with E-state index in [1.54, 1.807) is 19.1 Å². The zero-order valence-electron chi connectivity index (χ0n) is 17.4. The highest BCUT2D eigenvalue weighted by molar-refractivity contribution is 6.07. The maximum absolute atomic E-state index is 13.1. The van der Waals surface area contributed by atoms with E-state index in [0.717, 1.165) is 36.2 Å². The van der Waals surface area contributed by atoms with Crippen LogP contribution >= 0.6 is 0 Å². The molecule has 1 amide bonds. The van der Waals surface area contributed by atoms with Gasteiger partial charge in [0.2, 0.25) is 0 Å². The summed E-state index contributed by atoms with van der Waals surface area (Å²) >= 11 is 0. The highest BCUT2D eigenvalue weighted by atomic mass is 16.5. The molecule has 0 radical (unpaired) electrons. The van der Waals surface area contributed by atoms with E-state index < -0.39 is 5.97 Å². The predicted molar refractivity (Wildman–Crippen MR) is 114 cm³/mol. The molecule has 1 aliphatic heterocycles. The maximum atomic E-state index is 13.1. The van der Waals surface area contributed by atoms with E-state index in [1.807, 2.05) is 32.0 Å². The van der Waals surface area contributed by atoms with Crippen LogP contribution in [0.5, 0.6) is 0 Å². The molecule has 29 heavy (non-hydrogen) atoms. The summed E-state index contributed by atoms with van der Waals surface area (Å²) in [5.74, 6) is -0.657. The Bertz CT molecular complexity index is 939. The van der Waals surface area contributed by atoms with Crippen LogP contribution in [0.15, 0.2) is 30.3 Å². The lowest BCUT2D eigenvalue weighted by Gasteiger charge is -2.32. The Hall–Kier alpha value is -2.86. The largest absolute Gasteiger partial charge is 0.465 e. The minimum atomic E-state index is -0.431. The molecule has 1 unspecified atom stereocenters. The van der Waals surface area contributed by atoms with Crippen molar-refractivity contribution >= 4 is 23.3 Å². The number of hydrogen-bond acceptors (Lipinski definition) is 5. The maximum Gasteiger partial charge on any atom is 0.338 e. The van der Waals surface area contributed by atoms with Gasteiger partial charge in [-0.2, -0.15) is 0 Å². The topological polar surface area (TPSA) is 78.9 Å². The van der Waals surface area contributed by atoms with Gasteiger partial charge in [0.15, 0.2) is 0 Å². The van der Waals surface area contributed by atoms with Gasteiger partial charge in [0.25, 0.3) is 5.91 Å². The molecule has 0 spiro atoms. The second-order valence-corrected chi connectivity index (χ2v) is 7.62. The number of benzene rings is 2. The van der Waals surface area contributed by atoms with Gasteiger partial charge in [-0.3, -0.25) is 4.79 Å². The van der Waals surface area contributed by atoms with Gasteiger partial charge in [-0.15, -0.1) is 0 Å². The van der Waals surface area contributed by atoms with Crippen LogP contribution in [0, 0.1) is 20.8 Å². The predicted octanol–water partition coefficient (Wildman–Crippen LogP) is 3.61. The van der Waals surface area contributed by atoms with Crippen molar-refractivity contribution < 1.29 is 19.4 Å². The van der Waals surface area contributed by atoms with Crippen LogP contribution in [-0.4, -0.2) is 43.3 Å². The number of carbonyl (C=O) groups is 2. The monoisotopic (exact) mass is 396 g/mol. The number of aliphatic hydroxyl groups excluding tert-OH is 1. The van der Waals surface area contributed by atoms with Crippen molar-refractivity contribution in [3.05, 3.63) is 58.1 Å². The van der Waals surface area contributed by atoms with E-state index in [9.17, 15) is 14.7 Å². The first kappa shape index (κ1) is 20.9. The molecule has 6 heteroatoms. The number of aryl methyl sites for hydroxylation is 2. The Morgan fingerprint density at radius 2 is 1.83 bits per heavy atom. The molecule has 2 aromatic rings. The SMILES string of the molecule is COC(=O)c1ccc(C)c(NC(=O)c2cc(N3CCCC(O)C3)ccc2C)c1C. The molecule has 1 heterocycles. The highest BCUT2D eigenvalue weighted by Crippen LogP contribution is 2.27. The molecule has 0 saturated carbocycles. The van der Waals surface area contributed by atoms with Gasteiger partial charge in [-0.05, 0) is 68.5 Å². The second-order valence-electron chi connectivity index (χ2n) is 7.62. The van der Waals surface area contributed by atoms with E-state index in [0.29, 0.717) is 28.9 Å². The van der Waals surface area contributed by atoms with Crippen LogP contribution in [0.4, 0.5) is 11.4 Å². The Kier molecular flexibility index (Phi) is 6.23. The number of amides is 1. The molecule has 0 aromatic heterocycles. The summed E-state index contributed by atoms with van der Waals surface area (Å²) in [4.78, 5) is 27.2. The molecule has 0 bridgehead atoms. The Morgan fingerprint density at radius 3 is 2.52 bits per heavy atom. The molecule has 1 atom stereocenters. The smallest absolute Gasteiger partial charge is 0.338 e. The Labute approximate surface area is 171 Å². The van der Waals surface area contributed by atoms with Crippen LogP contribution < -0.4 is 10.2 Å². The summed E-state index contributed by atoms with van der Waals surface area (Å²) in [5, 5.41) is 12.9. The van der Waals surface area contributed by atoms with Crippen LogP contribution in [0.2, 0.25) is 0 Å². The van der Waals surface area contributed by atoms with Crippen LogP contribution in [0.3, 0.4) is 0 Å². The van der Waals surface area contributed by atoms with Gasteiger partial charge in [0.05, 0.1) is 18.8 Å². The zero-order valence-corrected chi connectivity index (χ0v) is 17.4. The number of carbonyl (C=O) groups excluding carboxylic acids is 2. The Morgan fingerprint density at radius 1 is 1.10 bits per heavy atom. The zero-order chi connectivity index (χ0) is 21.1. The van der Waals surface area contributed by atoms with Crippen LogP contribution in [0.1, 0.15) is 50.2 Å². The molecule has 0 aliphatic carbocycles. The van der Waals surface area contributed by atoms with Gasteiger partial charge in [0.1, 0.15) is 0 Å². The number of hydrogen-bond donors (Lipinski definition) is 2. The fourth-order valence-corrected chi connectivity index (χ4v) is 3.79. The van der Waals surface area contributed by atoms with Crippen LogP contribution in [-0.2, 0) is 4.74 Å². The van der Waals surface area contributed by atoms with Crippen molar-refractivity contribution in [2.75, 3.05) is 30.4 Å². The third-order valence-electron chi connectivity index (χ3n) is 5.54. The van der Waals surface area contributed by atoms with Gasteiger partial charge in [-0.1, -0.05) is 12.1 Å². The summed E-state index contributed by atoms with van der Waals surface area (Å²) in [6, 6.07) is 9.29. The van der Waals surface area contributed by atoms with Gasteiger partial charge in [0, 0.05) is 30.0 Å². The van der Waals surface area contributed by atoms with E-state index in [-0.39, 0.29) is 12.0 Å². The van der Waals surface area contributed by atoms with E-state index >= 15 is 0 Å². The standard InChI is InChI=1S/C23H28N2O4/c1-14-7-9-17(25-11-5-6-18(26)13-25)12-20(14)22(27)24-21-15(2)8-10-19(16(21)3)23(28)29-4/h7-10,12,18,26H,5-6,11,13H2,1-4H3,(H,24,27). The molecule has 154 valence electrons. The molecule has 6 nitrogen and oxygen atoms in total.